The summed E-state index contributed by atoms with van der Waals surface area (Å²) in [5.74, 6) is 2.74. The topological polar surface area (TPSA) is 18.5 Å². The van der Waals surface area contributed by atoms with Gasteiger partial charge in [0.25, 0.3) is 0 Å². The number of rotatable bonds is 6. The van der Waals surface area contributed by atoms with Crippen molar-refractivity contribution in [2.75, 3.05) is 0 Å². The summed E-state index contributed by atoms with van der Waals surface area (Å²) in [6.45, 7) is 0. The van der Waals surface area contributed by atoms with Gasteiger partial charge in [0, 0.05) is 11.1 Å². The van der Waals surface area contributed by atoms with Crippen LogP contribution in [0.4, 0.5) is 0 Å². The Balaban J connectivity index is 1.70. The second kappa shape index (κ2) is 9.23. The van der Waals surface area contributed by atoms with Crippen molar-refractivity contribution in [1.29, 1.82) is 0 Å². The largest absolute Gasteiger partial charge is 0.456 e. The SMILES string of the molecule is [c]1c(Oc2ccccc2)c(-c2ccccc2)cc(-c2ccccc2)c1Oc1ccccc1. The number of hydrogen-bond donors (Lipinski definition) is 0. The van der Waals surface area contributed by atoms with Gasteiger partial charge in [0.1, 0.15) is 23.0 Å². The molecule has 0 bridgehead atoms. The number of hydrogen-bond acceptors (Lipinski definition) is 2. The average molecular weight is 413 g/mol. The molecule has 0 atom stereocenters. The summed E-state index contributed by atoms with van der Waals surface area (Å²) >= 11 is 0. The predicted octanol–water partition coefficient (Wildman–Crippen LogP) is 8.41. The highest BCUT2D eigenvalue weighted by molar-refractivity contribution is 5.82. The van der Waals surface area contributed by atoms with Crippen molar-refractivity contribution in [3.05, 3.63) is 133 Å². The zero-order valence-electron chi connectivity index (χ0n) is 17.4. The van der Waals surface area contributed by atoms with Gasteiger partial charge in [-0.05, 0) is 41.5 Å². The normalized spacial score (nSPS) is 10.5. The van der Waals surface area contributed by atoms with Crippen LogP contribution in [0.25, 0.3) is 22.3 Å². The van der Waals surface area contributed by atoms with E-state index in [0.29, 0.717) is 11.5 Å². The zero-order chi connectivity index (χ0) is 21.6. The Morgan fingerprint density at radius 1 is 0.406 bits per heavy atom. The van der Waals surface area contributed by atoms with Crippen LogP contribution >= 0.6 is 0 Å². The van der Waals surface area contributed by atoms with Gasteiger partial charge in [0.05, 0.1) is 6.07 Å². The fourth-order valence-electron chi connectivity index (χ4n) is 3.55. The molecule has 0 aromatic heterocycles. The highest BCUT2D eigenvalue weighted by Crippen LogP contribution is 2.43. The summed E-state index contributed by atoms with van der Waals surface area (Å²) in [6.07, 6.45) is 0. The summed E-state index contributed by atoms with van der Waals surface area (Å²) in [5.41, 5.74) is 4.01. The Hall–Kier alpha value is -4.30. The summed E-state index contributed by atoms with van der Waals surface area (Å²) in [5, 5.41) is 0. The molecule has 1 radical (unpaired) electrons. The molecule has 5 rings (SSSR count). The molecule has 0 aliphatic heterocycles. The molecule has 2 heteroatoms. The monoisotopic (exact) mass is 413 g/mol. The van der Waals surface area contributed by atoms with Crippen molar-refractivity contribution in [2.45, 2.75) is 0 Å². The first-order valence-corrected chi connectivity index (χ1v) is 10.5. The van der Waals surface area contributed by atoms with Crippen molar-refractivity contribution in [1.82, 2.24) is 0 Å². The van der Waals surface area contributed by atoms with Crippen LogP contribution in [0.1, 0.15) is 0 Å². The van der Waals surface area contributed by atoms with Crippen LogP contribution in [0.15, 0.2) is 127 Å². The van der Waals surface area contributed by atoms with Gasteiger partial charge >= 0.3 is 0 Å². The van der Waals surface area contributed by atoms with E-state index in [-0.39, 0.29) is 0 Å². The Morgan fingerprint density at radius 3 is 1.12 bits per heavy atom. The molecule has 0 amide bonds. The van der Waals surface area contributed by atoms with E-state index >= 15 is 0 Å². The highest BCUT2D eigenvalue weighted by atomic mass is 16.5. The van der Waals surface area contributed by atoms with E-state index in [1.165, 1.54) is 0 Å². The lowest BCUT2D eigenvalue weighted by Crippen LogP contribution is -1.95. The molecule has 0 aliphatic rings. The zero-order valence-corrected chi connectivity index (χ0v) is 17.4. The third kappa shape index (κ3) is 4.40. The summed E-state index contributed by atoms with van der Waals surface area (Å²) in [6, 6.07) is 45.5. The van der Waals surface area contributed by atoms with Crippen LogP contribution in [0.2, 0.25) is 0 Å². The molecule has 32 heavy (non-hydrogen) atoms. The van der Waals surface area contributed by atoms with E-state index in [1.54, 1.807) is 0 Å². The van der Waals surface area contributed by atoms with Crippen LogP contribution in [-0.2, 0) is 0 Å². The van der Waals surface area contributed by atoms with Gasteiger partial charge in [0.2, 0.25) is 0 Å². The fraction of sp³-hybridized carbons (Fsp3) is 0. The number of benzene rings is 5. The summed E-state index contributed by atoms with van der Waals surface area (Å²) < 4.78 is 12.6. The minimum atomic E-state index is 0.619. The second-order valence-corrected chi connectivity index (χ2v) is 7.32. The lowest BCUT2D eigenvalue weighted by Gasteiger charge is -2.17. The Morgan fingerprint density at radius 2 is 0.750 bits per heavy atom. The maximum atomic E-state index is 6.30. The molecule has 0 N–H and O–H groups in total. The molecule has 0 unspecified atom stereocenters. The Labute approximate surface area is 188 Å². The van der Waals surface area contributed by atoms with Crippen molar-refractivity contribution in [3.63, 3.8) is 0 Å². The van der Waals surface area contributed by atoms with Gasteiger partial charge < -0.3 is 9.47 Å². The van der Waals surface area contributed by atoms with Crippen molar-refractivity contribution >= 4 is 0 Å². The van der Waals surface area contributed by atoms with Crippen LogP contribution in [-0.4, -0.2) is 0 Å². The first-order valence-electron chi connectivity index (χ1n) is 10.5. The smallest absolute Gasteiger partial charge is 0.147 e. The third-order valence-corrected chi connectivity index (χ3v) is 5.10. The van der Waals surface area contributed by atoms with Crippen LogP contribution in [0.5, 0.6) is 23.0 Å². The van der Waals surface area contributed by atoms with Gasteiger partial charge in [-0.1, -0.05) is 97.1 Å². The molecular weight excluding hydrogens is 392 g/mol. The fourth-order valence-corrected chi connectivity index (χ4v) is 3.55. The maximum Gasteiger partial charge on any atom is 0.147 e. The molecule has 0 fully saturated rings. The minimum absolute atomic E-state index is 0.619. The Kier molecular flexibility index (Phi) is 5.67. The molecule has 0 spiro atoms. The van der Waals surface area contributed by atoms with E-state index < -0.39 is 0 Å². The highest BCUT2D eigenvalue weighted by Gasteiger charge is 2.17. The van der Waals surface area contributed by atoms with Crippen molar-refractivity contribution in [2.24, 2.45) is 0 Å². The maximum absolute atomic E-state index is 6.30. The third-order valence-electron chi connectivity index (χ3n) is 5.10. The molecule has 5 aromatic rings. The number of para-hydroxylation sites is 2. The van der Waals surface area contributed by atoms with Gasteiger partial charge in [0.15, 0.2) is 0 Å². The molecular formula is C30H21O2. The molecule has 0 aliphatic carbocycles. The number of ether oxygens (including phenoxy) is 2. The average Bonchev–Trinajstić information content (AvgIpc) is 2.87. The minimum Gasteiger partial charge on any atom is -0.456 e. The summed E-state index contributed by atoms with van der Waals surface area (Å²) in [7, 11) is 0. The van der Waals surface area contributed by atoms with Gasteiger partial charge in [-0.25, -0.2) is 0 Å². The molecule has 0 saturated heterocycles. The van der Waals surface area contributed by atoms with E-state index in [1.807, 2.05) is 97.1 Å². The Bertz CT molecular complexity index is 1180. The van der Waals surface area contributed by atoms with Gasteiger partial charge in [-0.2, -0.15) is 0 Å². The molecule has 153 valence electrons. The first kappa shape index (κ1) is 19.7. The van der Waals surface area contributed by atoms with E-state index in [4.69, 9.17) is 9.47 Å². The van der Waals surface area contributed by atoms with Crippen molar-refractivity contribution < 1.29 is 9.47 Å². The molecule has 2 nitrogen and oxygen atoms in total. The van der Waals surface area contributed by atoms with E-state index in [0.717, 1.165) is 33.8 Å². The quantitative estimate of drug-likeness (QED) is 0.278. The second-order valence-electron chi connectivity index (χ2n) is 7.32. The first-order chi connectivity index (χ1) is 15.9. The standard InChI is InChI=1S/C30H21O2/c1-5-13-23(14-6-1)27-21-28(24-15-7-2-8-16-24)30(32-26-19-11-4-12-20-26)22-29(27)31-25-17-9-3-10-18-25/h1-21H. The lowest BCUT2D eigenvalue weighted by molar-refractivity contribution is 0.461. The molecule has 0 heterocycles. The van der Waals surface area contributed by atoms with Gasteiger partial charge in [-0.3, -0.25) is 0 Å². The lowest BCUT2D eigenvalue weighted by atomic mass is 9.97. The molecule has 0 saturated carbocycles. The van der Waals surface area contributed by atoms with E-state index in [9.17, 15) is 0 Å². The van der Waals surface area contributed by atoms with Crippen LogP contribution < -0.4 is 9.47 Å². The molecule has 5 aromatic carbocycles. The van der Waals surface area contributed by atoms with Crippen LogP contribution in [0.3, 0.4) is 0 Å². The van der Waals surface area contributed by atoms with E-state index in [2.05, 4.69) is 36.4 Å². The predicted molar refractivity (Wildman–Crippen MR) is 129 cm³/mol. The summed E-state index contributed by atoms with van der Waals surface area (Å²) in [4.78, 5) is 0. The van der Waals surface area contributed by atoms with Crippen LogP contribution in [0, 0.1) is 6.07 Å². The van der Waals surface area contributed by atoms with Crippen molar-refractivity contribution in [3.8, 4) is 45.3 Å². The van der Waals surface area contributed by atoms with Gasteiger partial charge in [-0.15, -0.1) is 0 Å².